The Balaban J connectivity index is 2.02. The molecule has 0 aliphatic carbocycles. The van der Waals surface area contributed by atoms with Gasteiger partial charge in [0.05, 0.1) is 0 Å². The molecule has 2 atom stereocenters. The fourth-order valence-corrected chi connectivity index (χ4v) is 3.27. The van der Waals surface area contributed by atoms with Gasteiger partial charge in [-0.05, 0) is 43.7 Å². The third kappa shape index (κ3) is 3.36. The van der Waals surface area contributed by atoms with E-state index in [4.69, 9.17) is 0 Å². The summed E-state index contributed by atoms with van der Waals surface area (Å²) in [6, 6.07) is 4.55. The van der Waals surface area contributed by atoms with Crippen LogP contribution >= 0.6 is 11.8 Å². The molecule has 1 aliphatic heterocycles. The van der Waals surface area contributed by atoms with Gasteiger partial charge in [0, 0.05) is 23.4 Å². The first-order chi connectivity index (χ1) is 8.16. The molecule has 2 nitrogen and oxygen atoms in total. The Morgan fingerprint density at radius 3 is 3.06 bits per heavy atom. The maximum Gasteiger partial charge on any atom is 0.123 e. The van der Waals surface area contributed by atoms with Crippen LogP contribution in [0.4, 0.5) is 4.39 Å². The van der Waals surface area contributed by atoms with Crippen LogP contribution in [0.2, 0.25) is 0 Å². The molecular formula is C13H18FNOS. The van der Waals surface area contributed by atoms with E-state index in [9.17, 15) is 9.50 Å². The Morgan fingerprint density at radius 1 is 1.53 bits per heavy atom. The molecule has 1 aromatic carbocycles. The highest BCUT2D eigenvalue weighted by Gasteiger charge is 2.18. The number of rotatable bonds is 3. The standard InChI is InChI=1S/C13H18FNOS/c1-9(15-11-3-2-6-17-8-11)12-7-10(14)4-5-13(12)16/h4-5,7,9,11,15-16H,2-3,6,8H2,1H3. The predicted molar refractivity (Wildman–Crippen MR) is 70.0 cm³/mol. The number of hydrogen-bond donors (Lipinski definition) is 2. The van der Waals surface area contributed by atoms with E-state index in [1.165, 1.54) is 30.4 Å². The van der Waals surface area contributed by atoms with Gasteiger partial charge in [0.15, 0.2) is 0 Å². The van der Waals surface area contributed by atoms with Crippen molar-refractivity contribution in [3.8, 4) is 5.75 Å². The van der Waals surface area contributed by atoms with Crippen molar-refractivity contribution >= 4 is 11.8 Å². The van der Waals surface area contributed by atoms with Crippen molar-refractivity contribution in [1.29, 1.82) is 0 Å². The highest BCUT2D eigenvalue weighted by atomic mass is 32.2. The number of nitrogens with one attached hydrogen (secondary N) is 1. The molecule has 1 fully saturated rings. The van der Waals surface area contributed by atoms with Gasteiger partial charge in [0.1, 0.15) is 11.6 Å². The number of aromatic hydroxyl groups is 1. The fourth-order valence-electron chi connectivity index (χ4n) is 2.19. The molecule has 0 spiro atoms. The van der Waals surface area contributed by atoms with Crippen molar-refractivity contribution < 1.29 is 9.50 Å². The zero-order valence-corrected chi connectivity index (χ0v) is 10.8. The van der Waals surface area contributed by atoms with Crippen LogP contribution in [0.1, 0.15) is 31.4 Å². The summed E-state index contributed by atoms with van der Waals surface area (Å²) in [5, 5.41) is 13.2. The molecule has 0 aromatic heterocycles. The van der Waals surface area contributed by atoms with Crippen LogP contribution in [0.15, 0.2) is 18.2 Å². The average Bonchev–Trinajstić information content (AvgIpc) is 2.33. The second kappa shape index (κ2) is 5.74. The minimum Gasteiger partial charge on any atom is -0.508 e. The Morgan fingerprint density at radius 2 is 2.35 bits per heavy atom. The summed E-state index contributed by atoms with van der Waals surface area (Å²) in [5.74, 6) is 2.19. The molecule has 17 heavy (non-hydrogen) atoms. The van der Waals surface area contributed by atoms with Gasteiger partial charge >= 0.3 is 0 Å². The number of phenols is 1. The van der Waals surface area contributed by atoms with Crippen molar-refractivity contribution in [1.82, 2.24) is 5.32 Å². The Kier molecular flexibility index (Phi) is 4.29. The molecular weight excluding hydrogens is 237 g/mol. The Labute approximate surface area is 106 Å². The van der Waals surface area contributed by atoms with Gasteiger partial charge in [-0.15, -0.1) is 0 Å². The summed E-state index contributed by atoms with van der Waals surface area (Å²) in [5.41, 5.74) is 0.639. The van der Waals surface area contributed by atoms with Crippen molar-refractivity contribution in [3.63, 3.8) is 0 Å². The third-order valence-electron chi connectivity index (χ3n) is 3.10. The largest absolute Gasteiger partial charge is 0.508 e. The zero-order chi connectivity index (χ0) is 12.3. The molecule has 1 heterocycles. The zero-order valence-electron chi connectivity index (χ0n) is 9.95. The predicted octanol–water partition coefficient (Wildman–Crippen LogP) is 3.08. The maximum atomic E-state index is 13.1. The molecule has 1 saturated heterocycles. The van der Waals surface area contributed by atoms with Crippen molar-refractivity contribution in [2.75, 3.05) is 11.5 Å². The van der Waals surface area contributed by atoms with Crippen LogP contribution < -0.4 is 5.32 Å². The van der Waals surface area contributed by atoms with Gasteiger partial charge in [0.2, 0.25) is 0 Å². The first-order valence-corrected chi connectivity index (χ1v) is 7.14. The Bertz CT molecular complexity index is 380. The quantitative estimate of drug-likeness (QED) is 0.870. The molecule has 94 valence electrons. The summed E-state index contributed by atoms with van der Waals surface area (Å²) in [6.45, 7) is 1.97. The Hall–Kier alpha value is -0.740. The van der Waals surface area contributed by atoms with Crippen LogP contribution in [-0.2, 0) is 0 Å². The summed E-state index contributed by atoms with van der Waals surface area (Å²) >= 11 is 1.95. The van der Waals surface area contributed by atoms with E-state index in [-0.39, 0.29) is 17.6 Å². The molecule has 1 aromatic rings. The minimum atomic E-state index is -0.301. The van der Waals surface area contributed by atoms with Gasteiger partial charge in [-0.25, -0.2) is 4.39 Å². The van der Waals surface area contributed by atoms with Gasteiger partial charge < -0.3 is 10.4 Å². The molecule has 0 saturated carbocycles. The van der Waals surface area contributed by atoms with Crippen LogP contribution in [0.3, 0.4) is 0 Å². The van der Waals surface area contributed by atoms with E-state index in [0.717, 1.165) is 12.2 Å². The number of benzene rings is 1. The number of halogens is 1. The van der Waals surface area contributed by atoms with Gasteiger partial charge in [-0.3, -0.25) is 0 Å². The highest BCUT2D eigenvalue weighted by molar-refractivity contribution is 7.99. The molecule has 1 aliphatic rings. The molecule has 0 amide bonds. The van der Waals surface area contributed by atoms with Gasteiger partial charge in [-0.2, -0.15) is 11.8 Å². The first-order valence-electron chi connectivity index (χ1n) is 5.99. The minimum absolute atomic E-state index is 0.0191. The van der Waals surface area contributed by atoms with E-state index < -0.39 is 0 Å². The monoisotopic (exact) mass is 255 g/mol. The van der Waals surface area contributed by atoms with Gasteiger partial charge in [0.25, 0.3) is 0 Å². The third-order valence-corrected chi connectivity index (χ3v) is 4.32. The number of hydrogen-bond acceptors (Lipinski definition) is 3. The molecule has 4 heteroatoms. The second-order valence-corrected chi connectivity index (χ2v) is 5.66. The molecule has 2 N–H and O–H groups in total. The van der Waals surface area contributed by atoms with Crippen LogP contribution in [0, 0.1) is 5.82 Å². The van der Waals surface area contributed by atoms with E-state index >= 15 is 0 Å². The lowest BCUT2D eigenvalue weighted by Crippen LogP contribution is -2.35. The second-order valence-electron chi connectivity index (χ2n) is 4.51. The summed E-state index contributed by atoms with van der Waals surface area (Å²) in [7, 11) is 0. The van der Waals surface area contributed by atoms with E-state index in [0.29, 0.717) is 11.6 Å². The van der Waals surface area contributed by atoms with E-state index in [1.54, 1.807) is 0 Å². The topological polar surface area (TPSA) is 32.3 Å². The SMILES string of the molecule is CC(NC1CCCSC1)c1cc(F)ccc1O. The molecule has 0 bridgehead atoms. The van der Waals surface area contributed by atoms with Crippen molar-refractivity contribution in [2.24, 2.45) is 0 Å². The van der Waals surface area contributed by atoms with Crippen LogP contribution in [0.25, 0.3) is 0 Å². The van der Waals surface area contributed by atoms with Gasteiger partial charge in [-0.1, -0.05) is 0 Å². The fraction of sp³-hybridized carbons (Fsp3) is 0.538. The van der Waals surface area contributed by atoms with Crippen molar-refractivity contribution in [3.05, 3.63) is 29.6 Å². The normalized spacial score (nSPS) is 22.4. The number of phenolic OH excluding ortho intramolecular Hbond substituents is 1. The lowest BCUT2D eigenvalue weighted by atomic mass is 10.0. The summed E-state index contributed by atoms with van der Waals surface area (Å²) in [6.07, 6.45) is 2.39. The van der Waals surface area contributed by atoms with Crippen LogP contribution in [-0.4, -0.2) is 22.7 Å². The lowest BCUT2D eigenvalue weighted by molar-refractivity contribution is 0.421. The first kappa shape index (κ1) is 12.7. The molecule has 2 rings (SSSR count). The lowest BCUT2D eigenvalue weighted by Gasteiger charge is -2.26. The number of thioether (sulfide) groups is 1. The van der Waals surface area contributed by atoms with E-state index in [2.05, 4.69) is 5.32 Å². The summed E-state index contributed by atoms with van der Waals surface area (Å²) in [4.78, 5) is 0. The average molecular weight is 255 g/mol. The van der Waals surface area contributed by atoms with Crippen LogP contribution in [0.5, 0.6) is 5.75 Å². The molecule has 2 unspecified atom stereocenters. The maximum absolute atomic E-state index is 13.1. The molecule has 0 radical (unpaired) electrons. The van der Waals surface area contributed by atoms with Crippen molar-refractivity contribution in [2.45, 2.75) is 31.8 Å². The highest BCUT2D eigenvalue weighted by Crippen LogP contribution is 2.26. The summed E-state index contributed by atoms with van der Waals surface area (Å²) < 4.78 is 13.1. The van der Waals surface area contributed by atoms with E-state index in [1.807, 2.05) is 18.7 Å². The smallest absolute Gasteiger partial charge is 0.123 e.